The molecule has 1 aliphatic rings. The van der Waals surface area contributed by atoms with E-state index >= 15 is 0 Å². The lowest BCUT2D eigenvalue weighted by molar-refractivity contribution is 0.0576. The first-order valence-corrected chi connectivity index (χ1v) is 7.93. The van der Waals surface area contributed by atoms with Gasteiger partial charge in [0, 0.05) is 43.9 Å². The number of nitrogens with zero attached hydrogens (tertiary/aromatic N) is 2. The highest BCUT2D eigenvalue weighted by Crippen LogP contribution is 2.24. The van der Waals surface area contributed by atoms with Crippen molar-refractivity contribution in [2.24, 2.45) is 5.92 Å². The SMILES string of the molecule is CC(C)NCc1cnc(N(C)CC2CCCOC2)s1. The summed E-state index contributed by atoms with van der Waals surface area (Å²) in [5, 5.41) is 4.54. The van der Waals surface area contributed by atoms with Crippen molar-refractivity contribution in [3.8, 4) is 0 Å². The van der Waals surface area contributed by atoms with Gasteiger partial charge in [-0.1, -0.05) is 13.8 Å². The zero-order chi connectivity index (χ0) is 13.7. The monoisotopic (exact) mass is 283 g/mol. The molecule has 1 aromatic rings. The second kappa shape index (κ2) is 7.22. The standard InChI is InChI=1S/C14H25N3OS/c1-11(2)15-7-13-8-16-14(19-13)17(3)9-12-5-4-6-18-10-12/h8,11-12,15H,4-7,9-10H2,1-3H3. The number of hydrogen-bond donors (Lipinski definition) is 1. The molecule has 0 spiro atoms. The van der Waals surface area contributed by atoms with Gasteiger partial charge >= 0.3 is 0 Å². The van der Waals surface area contributed by atoms with Crippen LogP contribution in [0.2, 0.25) is 0 Å². The summed E-state index contributed by atoms with van der Waals surface area (Å²) >= 11 is 1.78. The van der Waals surface area contributed by atoms with Crippen molar-refractivity contribution in [2.75, 3.05) is 31.7 Å². The van der Waals surface area contributed by atoms with Crippen molar-refractivity contribution in [2.45, 2.75) is 39.3 Å². The number of anilines is 1. The lowest BCUT2D eigenvalue weighted by atomic mass is 10.0. The molecule has 0 aliphatic carbocycles. The minimum absolute atomic E-state index is 0.516. The third-order valence-electron chi connectivity index (χ3n) is 3.34. The Morgan fingerprint density at radius 2 is 2.42 bits per heavy atom. The number of aromatic nitrogens is 1. The lowest BCUT2D eigenvalue weighted by Gasteiger charge is -2.26. The van der Waals surface area contributed by atoms with Gasteiger partial charge in [-0.3, -0.25) is 0 Å². The summed E-state index contributed by atoms with van der Waals surface area (Å²) in [5.74, 6) is 0.653. The molecule has 1 N–H and O–H groups in total. The first-order valence-electron chi connectivity index (χ1n) is 7.12. The van der Waals surface area contributed by atoms with Gasteiger partial charge < -0.3 is 15.0 Å². The largest absolute Gasteiger partial charge is 0.381 e. The summed E-state index contributed by atoms with van der Waals surface area (Å²) in [6.07, 6.45) is 4.46. The topological polar surface area (TPSA) is 37.4 Å². The summed E-state index contributed by atoms with van der Waals surface area (Å²) < 4.78 is 5.54. The van der Waals surface area contributed by atoms with Crippen LogP contribution in [0, 0.1) is 5.92 Å². The minimum Gasteiger partial charge on any atom is -0.381 e. The van der Waals surface area contributed by atoms with E-state index in [0.29, 0.717) is 12.0 Å². The molecule has 1 unspecified atom stereocenters. The second-order valence-electron chi connectivity index (χ2n) is 5.61. The number of hydrogen-bond acceptors (Lipinski definition) is 5. The Morgan fingerprint density at radius 3 is 3.11 bits per heavy atom. The van der Waals surface area contributed by atoms with Gasteiger partial charge in [0.25, 0.3) is 0 Å². The third-order valence-corrected chi connectivity index (χ3v) is 4.45. The summed E-state index contributed by atoms with van der Waals surface area (Å²) in [6, 6.07) is 0.516. The normalized spacial score (nSPS) is 19.9. The zero-order valence-electron chi connectivity index (χ0n) is 12.2. The van der Waals surface area contributed by atoms with E-state index in [9.17, 15) is 0 Å². The van der Waals surface area contributed by atoms with E-state index in [4.69, 9.17) is 4.74 Å². The van der Waals surface area contributed by atoms with Crippen molar-refractivity contribution < 1.29 is 4.74 Å². The van der Waals surface area contributed by atoms with Crippen molar-refractivity contribution in [1.29, 1.82) is 0 Å². The molecule has 1 aromatic heterocycles. The average molecular weight is 283 g/mol. The van der Waals surface area contributed by atoms with Crippen molar-refractivity contribution in [1.82, 2.24) is 10.3 Å². The van der Waals surface area contributed by atoms with Crippen LogP contribution >= 0.6 is 11.3 Å². The quantitative estimate of drug-likeness (QED) is 0.870. The second-order valence-corrected chi connectivity index (χ2v) is 6.70. The van der Waals surface area contributed by atoms with Crippen molar-refractivity contribution >= 4 is 16.5 Å². The predicted octanol–water partition coefficient (Wildman–Crippen LogP) is 2.50. The van der Waals surface area contributed by atoms with Crippen LogP contribution in [0.4, 0.5) is 5.13 Å². The van der Waals surface area contributed by atoms with Gasteiger partial charge in [0.05, 0.1) is 6.61 Å². The van der Waals surface area contributed by atoms with E-state index in [2.05, 4.69) is 36.1 Å². The fourth-order valence-corrected chi connectivity index (χ4v) is 3.11. The highest BCUT2D eigenvalue weighted by Gasteiger charge is 2.17. The van der Waals surface area contributed by atoms with Gasteiger partial charge in [-0.15, -0.1) is 11.3 Å². The summed E-state index contributed by atoms with van der Waals surface area (Å²) in [7, 11) is 2.13. The van der Waals surface area contributed by atoms with Crippen molar-refractivity contribution in [3.05, 3.63) is 11.1 Å². The highest BCUT2D eigenvalue weighted by atomic mass is 32.1. The molecule has 1 aliphatic heterocycles. The maximum atomic E-state index is 5.54. The summed E-state index contributed by atoms with van der Waals surface area (Å²) in [5.41, 5.74) is 0. The molecule has 108 valence electrons. The Balaban J connectivity index is 1.82. The van der Waals surface area contributed by atoms with Crippen LogP contribution in [0.3, 0.4) is 0 Å². The van der Waals surface area contributed by atoms with Gasteiger partial charge in [0.15, 0.2) is 5.13 Å². The molecule has 0 amide bonds. The minimum atomic E-state index is 0.516. The van der Waals surface area contributed by atoms with E-state index in [1.54, 1.807) is 11.3 Å². The number of rotatable bonds is 6. The summed E-state index contributed by atoms with van der Waals surface area (Å²) in [4.78, 5) is 8.09. The Kier molecular flexibility index (Phi) is 5.60. The molecule has 19 heavy (non-hydrogen) atoms. The Hall–Kier alpha value is -0.650. The third kappa shape index (κ3) is 4.75. The highest BCUT2D eigenvalue weighted by molar-refractivity contribution is 7.15. The van der Waals surface area contributed by atoms with E-state index in [-0.39, 0.29) is 0 Å². The molecule has 2 heterocycles. The van der Waals surface area contributed by atoms with Crippen LogP contribution in [-0.2, 0) is 11.3 Å². The fourth-order valence-electron chi connectivity index (χ4n) is 2.28. The molecule has 0 saturated carbocycles. The Labute approximate surface area is 120 Å². The number of ether oxygens (including phenoxy) is 1. The molecule has 2 rings (SSSR count). The van der Waals surface area contributed by atoms with E-state index in [1.807, 2.05) is 6.20 Å². The van der Waals surface area contributed by atoms with E-state index < -0.39 is 0 Å². The maximum absolute atomic E-state index is 5.54. The number of nitrogens with one attached hydrogen (secondary N) is 1. The molecule has 1 fully saturated rings. The smallest absolute Gasteiger partial charge is 0.185 e. The zero-order valence-corrected chi connectivity index (χ0v) is 13.0. The Morgan fingerprint density at radius 1 is 1.58 bits per heavy atom. The molecule has 0 radical (unpaired) electrons. The first-order chi connectivity index (χ1) is 9.15. The molecule has 1 saturated heterocycles. The molecule has 0 aromatic carbocycles. The van der Waals surface area contributed by atoms with Crippen LogP contribution in [-0.4, -0.2) is 37.8 Å². The van der Waals surface area contributed by atoms with Crippen LogP contribution in [0.15, 0.2) is 6.20 Å². The maximum Gasteiger partial charge on any atom is 0.185 e. The first kappa shape index (κ1) is 14.8. The van der Waals surface area contributed by atoms with E-state index in [0.717, 1.165) is 31.4 Å². The Bertz CT molecular complexity index is 375. The van der Waals surface area contributed by atoms with Crippen LogP contribution in [0.1, 0.15) is 31.6 Å². The molecule has 0 bridgehead atoms. The van der Waals surface area contributed by atoms with Crippen LogP contribution in [0.25, 0.3) is 0 Å². The van der Waals surface area contributed by atoms with Crippen LogP contribution in [0.5, 0.6) is 0 Å². The predicted molar refractivity (Wildman–Crippen MR) is 80.9 cm³/mol. The van der Waals surface area contributed by atoms with E-state index in [1.165, 1.54) is 17.7 Å². The molecule has 1 atom stereocenters. The fraction of sp³-hybridized carbons (Fsp3) is 0.786. The van der Waals surface area contributed by atoms with Crippen molar-refractivity contribution in [3.63, 3.8) is 0 Å². The van der Waals surface area contributed by atoms with Gasteiger partial charge in [0.2, 0.25) is 0 Å². The van der Waals surface area contributed by atoms with Crippen LogP contribution < -0.4 is 10.2 Å². The number of thiazole rings is 1. The average Bonchev–Trinajstić information content (AvgIpc) is 2.86. The molecular weight excluding hydrogens is 258 g/mol. The molecular formula is C14H25N3OS. The lowest BCUT2D eigenvalue weighted by Crippen LogP contribution is -2.30. The van der Waals surface area contributed by atoms with Gasteiger partial charge in [-0.2, -0.15) is 0 Å². The van der Waals surface area contributed by atoms with Gasteiger partial charge in [0.1, 0.15) is 0 Å². The molecule has 4 nitrogen and oxygen atoms in total. The summed E-state index contributed by atoms with van der Waals surface area (Å²) in [6.45, 7) is 8.12. The molecule has 5 heteroatoms. The van der Waals surface area contributed by atoms with Gasteiger partial charge in [-0.25, -0.2) is 4.98 Å². The van der Waals surface area contributed by atoms with Gasteiger partial charge in [-0.05, 0) is 18.8 Å².